The quantitative estimate of drug-likeness (QED) is 0.668. The van der Waals surface area contributed by atoms with Crippen LogP contribution in [0, 0.1) is 5.92 Å². The van der Waals surface area contributed by atoms with Gasteiger partial charge < -0.3 is 10.5 Å². The highest BCUT2D eigenvalue weighted by atomic mass is 16.5. The third-order valence-electron chi connectivity index (χ3n) is 6.15. The summed E-state index contributed by atoms with van der Waals surface area (Å²) in [6.07, 6.45) is 6.12. The van der Waals surface area contributed by atoms with Gasteiger partial charge >= 0.3 is 0 Å². The fraction of sp³-hybridized carbons (Fsp3) is 0.522. The lowest BCUT2D eigenvalue weighted by Gasteiger charge is -2.51. The minimum Gasteiger partial charge on any atom is -0.370 e. The number of carbonyl (C=O) groups is 1. The molecule has 0 amide bonds. The Kier molecular flexibility index (Phi) is 4.85. The van der Waals surface area contributed by atoms with Crippen LogP contribution in [0.5, 0.6) is 0 Å². The number of unbranched alkanes of at least 4 members (excludes halogenated alkanes) is 2. The highest BCUT2D eigenvalue weighted by molar-refractivity contribution is 5.98. The van der Waals surface area contributed by atoms with Gasteiger partial charge in [-0.25, -0.2) is 0 Å². The molecule has 1 fully saturated rings. The lowest BCUT2D eigenvalue weighted by Crippen LogP contribution is -2.48. The number of ketones is 1. The van der Waals surface area contributed by atoms with Crippen LogP contribution in [0.2, 0.25) is 0 Å². The Morgan fingerprint density at radius 3 is 2.54 bits per heavy atom. The van der Waals surface area contributed by atoms with E-state index >= 15 is 0 Å². The molecular weight excluding hydrogens is 322 g/mol. The summed E-state index contributed by atoms with van der Waals surface area (Å²) in [4.78, 5) is 12.1. The Morgan fingerprint density at radius 2 is 1.88 bits per heavy atom. The van der Waals surface area contributed by atoms with E-state index < -0.39 is 0 Å². The number of benzene rings is 2. The average Bonchev–Trinajstić information content (AvgIpc) is 3.35. The first-order valence-electron chi connectivity index (χ1n) is 10.1. The molecule has 0 heterocycles. The normalized spacial score (nSPS) is 26.6. The van der Waals surface area contributed by atoms with Gasteiger partial charge in [0.25, 0.3) is 0 Å². The summed E-state index contributed by atoms with van der Waals surface area (Å²) in [6.45, 7) is 3.54. The minimum atomic E-state index is -0.291. The molecule has 0 radical (unpaired) electrons. The van der Waals surface area contributed by atoms with Crippen molar-refractivity contribution in [1.29, 1.82) is 0 Å². The summed E-state index contributed by atoms with van der Waals surface area (Å²) in [5.41, 5.74) is 8.06. The maximum atomic E-state index is 12.1. The molecule has 2 aromatic rings. The van der Waals surface area contributed by atoms with Crippen molar-refractivity contribution in [2.24, 2.45) is 11.7 Å². The van der Waals surface area contributed by atoms with Gasteiger partial charge in [-0.1, -0.05) is 56.5 Å². The molecule has 0 spiro atoms. The first-order chi connectivity index (χ1) is 12.7. The van der Waals surface area contributed by atoms with Gasteiger partial charge in [0.2, 0.25) is 0 Å². The number of hydrogen-bond acceptors (Lipinski definition) is 3. The van der Waals surface area contributed by atoms with E-state index in [9.17, 15) is 4.79 Å². The Labute approximate surface area is 155 Å². The van der Waals surface area contributed by atoms with Crippen molar-refractivity contribution < 1.29 is 9.53 Å². The van der Waals surface area contributed by atoms with Crippen molar-refractivity contribution >= 4 is 16.6 Å². The summed E-state index contributed by atoms with van der Waals surface area (Å²) in [5, 5.41) is 2.52. The maximum absolute atomic E-state index is 12.1. The van der Waals surface area contributed by atoms with E-state index in [1.54, 1.807) is 0 Å². The third-order valence-corrected chi connectivity index (χ3v) is 6.15. The van der Waals surface area contributed by atoms with E-state index in [0.29, 0.717) is 25.4 Å². The zero-order chi connectivity index (χ0) is 18.1. The summed E-state index contributed by atoms with van der Waals surface area (Å²) in [7, 11) is 0. The first kappa shape index (κ1) is 17.7. The van der Waals surface area contributed by atoms with E-state index in [1.807, 2.05) is 0 Å². The Balaban J connectivity index is 1.75. The van der Waals surface area contributed by atoms with E-state index in [-0.39, 0.29) is 17.4 Å². The highest BCUT2D eigenvalue weighted by Crippen LogP contribution is 2.63. The van der Waals surface area contributed by atoms with Crippen molar-refractivity contribution in [3.63, 3.8) is 0 Å². The fourth-order valence-electron chi connectivity index (χ4n) is 4.73. The molecule has 0 aromatic heterocycles. The smallest absolute Gasteiger partial charge is 0.137 e. The van der Waals surface area contributed by atoms with E-state index in [1.165, 1.54) is 34.7 Å². The van der Waals surface area contributed by atoms with Crippen LogP contribution in [0.4, 0.5) is 0 Å². The van der Waals surface area contributed by atoms with Crippen molar-refractivity contribution in [3.8, 4) is 0 Å². The molecule has 0 saturated heterocycles. The molecule has 26 heavy (non-hydrogen) atoms. The van der Waals surface area contributed by atoms with Gasteiger partial charge in [-0.05, 0) is 47.4 Å². The van der Waals surface area contributed by atoms with Gasteiger partial charge in [0, 0.05) is 24.9 Å². The number of carbonyl (C=O) groups excluding carboxylic acids is 1. The van der Waals surface area contributed by atoms with Gasteiger partial charge in [0.15, 0.2) is 0 Å². The predicted octanol–water partition coefficient (Wildman–Crippen LogP) is 4.67. The Hall–Kier alpha value is -1.71. The molecule has 138 valence electrons. The largest absolute Gasteiger partial charge is 0.370 e. The molecule has 3 heteroatoms. The van der Waals surface area contributed by atoms with Crippen molar-refractivity contribution in [2.75, 3.05) is 13.2 Å². The lowest BCUT2D eigenvalue weighted by molar-refractivity contribution is -0.120. The lowest BCUT2D eigenvalue weighted by atomic mass is 9.59. The van der Waals surface area contributed by atoms with Crippen LogP contribution >= 0.6 is 0 Å². The molecule has 3 atom stereocenters. The van der Waals surface area contributed by atoms with E-state index in [0.717, 1.165) is 19.3 Å². The van der Waals surface area contributed by atoms with Gasteiger partial charge in [0.05, 0.1) is 0 Å². The third kappa shape index (κ3) is 2.87. The summed E-state index contributed by atoms with van der Waals surface area (Å²) >= 11 is 0. The molecule has 1 saturated carbocycles. The Morgan fingerprint density at radius 1 is 1.15 bits per heavy atom. The molecule has 0 bridgehead atoms. The molecule has 2 aliphatic carbocycles. The van der Waals surface area contributed by atoms with Crippen LogP contribution in [-0.2, 0) is 15.1 Å². The number of Topliss-reactive ketones (excluding diaryl/α,β-unsaturated/α-hetero) is 1. The zero-order valence-electron chi connectivity index (χ0n) is 15.7. The van der Waals surface area contributed by atoms with Crippen LogP contribution in [0.15, 0.2) is 36.4 Å². The minimum absolute atomic E-state index is 0.156. The molecular formula is C23H29NO2. The molecule has 0 aliphatic heterocycles. The maximum Gasteiger partial charge on any atom is 0.137 e. The number of fused-ring (bicyclic) bond motifs is 2. The second-order valence-electron chi connectivity index (χ2n) is 7.88. The molecule has 2 aliphatic rings. The van der Waals surface area contributed by atoms with E-state index in [4.69, 9.17) is 10.5 Å². The van der Waals surface area contributed by atoms with Crippen LogP contribution < -0.4 is 5.73 Å². The van der Waals surface area contributed by atoms with Gasteiger partial charge in [0.1, 0.15) is 11.4 Å². The Bertz CT molecular complexity index is 803. The number of nitrogens with two attached hydrogens (primary N) is 1. The number of ether oxygens (including phenoxy) is 1. The fourth-order valence-corrected chi connectivity index (χ4v) is 4.73. The van der Waals surface area contributed by atoms with Crippen LogP contribution in [0.1, 0.15) is 62.5 Å². The standard InChI is InChI=1S/C23H29NO2/c1-2-3-6-10-23(26-12-7-11-24)20-14-17-9-5-4-8-16(17)13-18(20)22(23)19-15-21(19)25/h4-5,8-9,13-14,19,22H,2-3,6-7,10-12,15,24H2,1H3. The predicted molar refractivity (Wildman–Crippen MR) is 105 cm³/mol. The zero-order valence-corrected chi connectivity index (χ0v) is 15.7. The van der Waals surface area contributed by atoms with Crippen LogP contribution in [-0.4, -0.2) is 18.9 Å². The van der Waals surface area contributed by atoms with Crippen molar-refractivity contribution in [2.45, 2.75) is 57.0 Å². The van der Waals surface area contributed by atoms with Gasteiger partial charge in [-0.3, -0.25) is 4.79 Å². The summed E-state index contributed by atoms with van der Waals surface area (Å²) in [5.74, 6) is 0.781. The van der Waals surface area contributed by atoms with Crippen molar-refractivity contribution in [1.82, 2.24) is 0 Å². The molecule has 3 nitrogen and oxygen atoms in total. The first-order valence-corrected chi connectivity index (χ1v) is 10.1. The summed E-state index contributed by atoms with van der Waals surface area (Å²) < 4.78 is 6.56. The summed E-state index contributed by atoms with van der Waals surface area (Å²) in [6, 6.07) is 13.1. The van der Waals surface area contributed by atoms with Gasteiger partial charge in [-0.2, -0.15) is 0 Å². The number of rotatable bonds is 9. The average molecular weight is 351 g/mol. The molecule has 2 N–H and O–H groups in total. The second kappa shape index (κ2) is 7.13. The molecule has 2 aromatic carbocycles. The number of hydrogen-bond donors (Lipinski definition) is 1. The van der Waals surface area contributed by atoms with Gasteiger partial charge in [-0.15, -0.1) is 0 Å². The second-order valence-corrected chi connectivity index (χ2v) is 7.88. The van der Waals surface area contributed by atoms with Crippen molar-refractivity contribution in [3.05, 3.63) is 47.5 Å². The molecule has 3 unspecified atom stereocenters. The molecule has 4 rings (SSSR count). The SMILES string of the molecule is CCCCCC1(OCCCN)c2cc3ccccc3cc2C1C1CC1=O. The van der Waals surface area contributed by atoms with Crippen LogP contribution in [0.3, 0.4) is 0 Å². The monoisotopic (exact) mass is 351 g/mol. The van der Waals surface area contributed by atoms with E-state index in [2.05, 4.69) is 43.3 Å². The van der Waals surface area contributed by atoms with Crippen LogP contribution in [0.25, 0.3) is 10.8 Å². The highest BCUT2D eigenvalue weighted by Gasteiger charge is 2.61. The topological polar surface area (TPSA) is 52.3 Å².